The first-order chi connectivity index (χ1) is 7.66. The number of ether oxygens (including phenoxy) is 1. The lowest BCUT2D eigenvalue weighted by Gasteiger charge is -2.13. The van der Waals surface area contributed by atoms with Crippen molar-refractivity contribution in [3.63, 3.8) is 0 Å². The molecule has 0 saturated carbocycles. The van der Waals surface area contributed by atoms with Gasteiger partial charge in [-0.15, -0.1) is 0 Å². The Hall–Kier alpha value is -0.870. The third kappa shape index (κ3) is 2.62. The first kappa shape index (κ1) is 11.6. The zero-order chi connectivity index (χ0) is 11.5. The summed E-state index contributed by atoms with van der Waals surface area (Å²) in [6.07, 6.45) is 2.56. The van der Waals surface area contributed by atoms with Crippen molar-refractivity contribution in [3.8, 4) is 0 Å². The fourth-order valence-electron chi connectivity index (χ4n) is 1.78. The van der Waals surface area contributed by atoms with Gasteiger partial charge in [-0.3, -0.25) is 0 Å². The lowest BCUT2D eigenvalue weighted by Crippen LogP contribution is -2.19. The molecule has 0 aliphatic carbocycles. The third-order valence-corrected chi connectivity index (χ3v) is 3.05. The minimum Gasteiger partial charge on any atom is -0.376 e. The molecule has 1 atom stereocenters. The highest BCUT2D eigenvalue weighted by molar-refractivity contribution is 6.28. The van der Waals surface area contributed by atoms with Crippen LogP contribution < -0.4 is 5.32 Å². The maximum atomic E-state index is 5.82. The summed E-state index contributed by atoms with van der Waals surface area (Å²) in [7, 11) is 0. The van der Waals surface area contributed by atoms with Crippen molar-refractivity contribution in [1.82, 2.24) is 9.97 Å². The molecular weight excluding hydrogens is 226 g/mol. The molecule has 4 nitrogen and oxygen atoms in total. The van der Waals surface area contributed by atoms with Gasteiger partial charge in [0.05, 0.1) is 6.10 Å². The molecule has 16 heavy (non-hydrogen) atoms. The topological polar surface area (TPSA) is 47.0 Å². The van der Waals surface area contributed by atoms with Crippen molar-refractivity contribution < 1.29 is 4.74 Å². The summed E-state index contributed by atoms with van der Waals surface area (Å²) >= 11 is 5.82. The van der Waals surface area contributed by atoms with Gasteiger partial charge in [0.2, 0.25) is 5.28 Å². The molecule has 0 aromatic carbocycles. The second-order valence-corrected chi connectivity index (χ2v) is 4.41. The van der Waals surface area contributed by atoms with Gasteiger partial charge < -0.3 is 10.1 Å². The molecule has 2 heterocycles. The van der Waals surface area contributed by atoms with Crippen LogP contribution in [0.1, 0.15) is 24.1 Å². The van der Waals surface area contributed by atoms with Gasteiger partial charge in [-0.1, -0.05) is 0 Å². The summed E-state index contributed by atoms with van der Waals surface area (Å²) in [5.41, 5.74) is 1.96. The zero-order valence-corrected chi connectivity index (χ0v) is 10.3. The van der Waals surface area contributed by atoms with E-state index < -0.39 is 0 Å². The predicted octanol–water partition coefficient (Wildman–Crippen LogP) is 2.34. The minimum atomic E-state index is 0.290. The molecule has 1 saturated heterocycles. The van der Waals surface area contributed by atoms with Gasteiger partial charge in [-0.25, -0.2) is 9.97 Å². The highest BCUT2D eigenvalue weighted by atomic mass is 35.5. The normalized spacial score (nSPS) is 20.1. The highest BCUT2D eigenvalue weighted by Gasteiger charge is 2.16. The number of rotatable bonds is 3. The van der Waals surface area contributed by atoms with Crippen molar-refractivity contribution >= 4 is 17.4 Å². The van der Waals surface area contributed by atoms with E-state index in [-0.39, 0.29) is 5.28 Å². The summed E-state index contributed by atoms with van der Waals surface area (Å²) in [5, 5.41) is 3.57. The van der Waals surface area contributed by atoms with Crippen molar-refractivity contribution in [2.45, 2.75) is 32.8 Å². The molecule has 0 amide bonds. The van der Waals surface area contributed by atoms with Crippen molar-refractivity contribution in [1.29, 1.82) is 0 Å². The summed E-state index contributed by atoms with van der Waals surface area (Å²) in [4.78, 5) is 8.28. The van der Waals surface area contributed by atoms with Gasteiger partial charge in [-0.2, -0.15) is 0 Å². The summed E-state index contributed by atoms with van der Waals surface area (Å²) in [6, 6.07) is 0. The Morgan fingerprint density at radius 1 is 1.44 bits per heavy atom. The quantitative estimate of drug-likeness (QED) is 0.826. The maximum Gasteiger partial charge on any atom is 0.224 e. The second-order valence-electron chi connectivity index (χ2n) is 4.07. The lowest BCUT2D eigenvalue weighted by atomic mass is 10.2. The number of hydrogen-bond acceptors (Lipinski definition) is 4. The largest absolute Gasteiger partial charge is 0.376 e. The van der Waals surface area contributed by atoms with E-state index >= 15 is 0 Å². The van der Waals surface area contributed by atoms with E-state index in [1.165, 1.54) is 0 Å². The highest BCUT2D eigenvalue weighted by Crippen LogP contribution is 2.18. The Bertz CT molecular complexity index is 378. The number of nitrogens with zero attached hydrogens (tertiary/aromatic N) is 2. The number of halogens is 1. The average Bonchev–Trinajstić information content (AvgIpc) is 2.74. The number of anilines is 1. The van der Waals surface area contributed by atoms with E-state index in [1.807, 2.05) is 13.8 Å². The molecule has 1 aromatic rings. The molecule has 1 aliphatic rings. The van der Waals surface area contributed by atoms with E-state index in [0.717, 1.165) is 43.1 Å². The van der Waals surface area contributed by atoms with E-state index in [0.29, 0.717) is 6.10 Å². The smallest absolute Gasteiger partial charge is 0.224 e. The molecule has 1 aromatic heterocycles. The fourth-order valence-corrected chi connectivity index (χ4v) is 1.99. The Balaban J connectivity index is 2.02. The van der Waals surface area contributed by atoms with Crippen LogP contribution in [-0.2, 0) is 4.74 Å². The second kappa shape index (κ2) is 4.97. The molecule has 0 bridgehead atoms. The van der Waals surface area contributed by atoms with Gasteiger partial charge in [0.1, 0.15) is 5.82 Å². The number of aryl methyl sites for hydroxylation is 1. The van der Waals surface area contributed by atoms with Gasteiger partial charge >= 0.3 is 0 Å². The van der Waals surface area contributed by atoms with Gasteiger partial charge in [0.25, 0.3) is 0 Å². The standard InChI is InChI=1S/C11H16ClN3O/c1-7-8(2)14-11(12)15-10(7)13-6-9-4-3-5-16-9/h9H,3-6H2,1-2H3,(H,13,14,15). The molecule has 1 unspecified atom stereocenters. The van der Waals surface area contributed by atoms with Crippen LogP contribution in [0.3, 0.4) is 0 Å². The summed E-state index contributed by atoms with van der Waals surface area (Å²) < 4.78 is 5.54. The average molecular weight is 242 g/mol. The molecule has 5 heteroatoms. The number of nitrogens with one attached hydrogen (secondary N) is 1. The molecule has 1 N–H and O–H groups in total. The lowest BCUT2D eigenvalue weighted by molar-refractivity contribution is 0.120. The summed E-state index contributed by atoms with van der Waals surface area (Å²) in [6.45, 7) is 5.58. The third-order valence-electron chi connectivity index (χ3n) is 2.88. The van der Waals surface area contributed by atoms with Crippen LogP contribution in [0, 0.1) is 13.8 Å². The first-order valence-corrected chi connectivity index (χ1v) is 5.91. The van der Waals surface area contributed by atoms with Crippen LogP contribution in [0.5, 0.6) is 0 Å². The van der Waals surface area contributed by atoms with E-state index in [1.54, 1.807) is 0 Å². The molecule has 1 fully saturated rings. The molecule has 2 rings (SSSR count). The van der Waals surface area contributed by atoms with Gasteiger partial charge in [0.15, 0.2) is 0 Å². The van der Waals surface area contributed by atoms with Gasteiger partial charge in [-0.05, 0) is 38.3 Å². The van der Waals surface area contributed by atoms with Crippen LogP contribution >= 0.6 is 11.6 Å². The summed E-state index contributed by atoms with van der Waals surface area (Å²) in [5.74, 6) is 0.813. The predicted molar refractivity (Wildman–Crippen MR) is 64.0 cm³/mol. The van der Waals surface area contributed by atoms with Crippen LogP contribution in [0.15, 0.2) is 0 Å². The van der Waals surface area contributed by atoms with E-state index in [2.05, 4.69) is 15.3 Å². The van der Waals surface area contributed by atoms with Crippen LogP contribution in [0.2, 0.25) is 5.28 Å². The van der Waals surface area contributed by atoms with Crippen molar-refractivity contribution in [2.24, 2.45) is 0 Å². The molecule has 88 valence electrons. The van der Waals surface area contributed by atoms with Crippen LogP contribution in [-0.4, -0.2) is 29.2 Å². The molecule has 0 spiro atoms. The number of aromatic nitrogens is 2. The molecule has 0 radical (unpaired) electrons. The Morgan fingerprint density at radius 3 is 2.94 bits per heavy atom. The van der Waals surface area contributed by atoms with Gasteiger partial charge in [0, 0.05) is 24.4 Å². The van der Waals surface area contributed by atoms with E-state index in [9.17, 15) is 0 Å². The molecular formula is C11H16ClN3O. The molecule has 1 aliphatic heterocycles. The fraction of sp³-hybridized carbons (Fsp3) is 0.636. The zero-order valence-electron chi connectivity index (χ0n) is 9.59. The van der Waals surface area contributed by atoms with E-state index in [4.69, 9.17) is 16.3 Å². The SMILES string of the molecule is Cc1nc(Cl)nc(NCC2CCCO2)c1C. The Kier molecular flexibility index (Phi) is 3.61. The van der Waals surface area contributed by atoms with Crippen LogP contribution in [0.4, 0.5) is 5.82 Å². The van der Waals surface area contributed by atoms with Crippen LogP contribution in [0.25, 0.3) is 0 Å². The first-order valence-electron chi connectivity index (χ1n) is 5.53. The van der Waals surface area contributed by atoms with Crippen molar-refractivity contribution in [3.05, 3.63) is 16.5 Å². The number of hydrogen-bond donors (Lipinski definition) is 1. The van der Waals surface area contributed by atoms with Crippen molar-refractivity contribution in [2.75, 3.05) is 18.5 Å². The monoisotopic (exact) mass is 241 g/mol. The Labute approximate surface area is 100 Å². The minimum absolute atomic E-state index is 0.290. The Morgan fingerprint density at radius 2 is 2.25 bits per heavy atom. The maximum absolute atomic E-state index is 5.82.